The molecule has 0 aliphatic heterocycles. The number of nitrogens with one attached hydrogen (secondary N) is 1. The summed E-state index contributed by atoms with van der Waals surface area (Å²) in [4.78, 5) is 13.2. The number of nitrogens with zero attached hydrogens (tertiary/aromatic N) is 2. The van der Waals surface area contributed by atoms with Crippen LogP contribution >= 0.6 is 34.5 Å². The van der Waals surface area contributed by atoms with E-state index in [4.69, 9.17) is 23.2 Å². The van der Waals surface area contributed by atoms with E-state index in [0.717, 1.165) is 10.6 Å². The third kappa shape index (κ3) is 3.93. The standard InChI is InChI=1S/C16H13Cl2N3OS/c17-12-4-3-11(10-13(12)18)16(22)19-6-8-21-7-5-14(20-21)15-2-1-9-23-15/h1-5,7,9-10H,6,8H2,(H,19,22). The van der Waals surface area contributed by atoms with E-state index in [1.807, 2.05) is 34.5 Å². The zero-order chi connectivity index (χ0) is 16.2. The second kappa shape index (κ2) is 7.17. The van der Waals surface area contributed by atoms with E-state index in [-0.39, 0.29) is 5.91 Å². The van der Waals surface area contributed by atoms with Gasteiger partial charge in [-0.3, -0.25) is 9.48 Å². The normalized spacial score (nSPS) is 10.7. The minimum atomic E-state index is -0.186. The predicted octanol–water partition coefficient (Wildman–Crippen LogP) is 4.35. The maximum atomic E-state index is 12.0. The fourth-order valence-corrected chi connectivity index (χ4v) is 3.05. The molecule has 0 saturated heterocycles. The molecule has 23 heavy (non-hydrogen) atoms. The SMILES string of the molecule is O=C(NCCn1ccc(-c2cccs2)n1)c1ccc(Cl)c(Cl)c1. The highest BCUT2D eigenvalue weighted by Gasteiger charge is 2.08. The molecular formula is C16H13Cl2N3OS. The molecular weight excluding hydrogens is 353 g/mol. The van der Waals surface area contributed by atoms with E-state index >= 15 is 0 Å². The number of rotatable bonds is 5. The molecule has 0 aliphatic carbocycles. The first-order chi connectivity index (χ1) is 11.1. The Kier molecular flexibility index (Phi) is 5.00. The zero-order valence-corrected chi connectivity index (χ0v) is 14.3. The Hall–Kier alpha value is -1.82. The number of hydrogen-bond acceptors (Lipinski definition) is 3. The van der Waals surface area contributed by atoms with Crippen LogP contribution in [-0.2, 0) is 6.54 Å². The van der Waals surface area contributed by atoms with Gasteiger partial charge in [-0.1, -0.05) is 29.3 Å². The van der Waals surface area contributed by atoms with Crippen molar-refractivity contribution in [2.45, 2.75) is 6.54 Å². The fourth-order valence-electron chi connectivity index (χ4n) is 2.07. The van der Waals surface area contributed by atoms with E-state index < -0.39 is 0 Å². The van der Waals surface area contributed by atoms with E-state index in [1.165, 1.54) is 0 Å². The van der Waals surface area contributed by atoms with Gasteiger partial charge in [0.15, 0.2) is 0 Å². The van der Waals surface area contributed by atoms with Crippen LogP contribution in [0.25, 0.3) is 10.6 Å². The Morgan fingerprint density at radius 3 is 2.83 bits per heavy atom. The summed E-state index contributed by atoms with van der Waals surface area (Å²) in [5.74, 6) is -0.186. The number of thiophene rings is 1. The van der Waals surface area contributed by atoms with Crippen molar-refractivity contribution in [2.75, 3.05) is 6.54 Å². The molecule has 7 heteroatoms. The Morgan fingerprint density at radius 1 is 1.22 bits per heavy atom. The quantitative estimate of drug-likeness (QED) is 0.730. The fraction of sp³-hybridized carbons (Fsp3) is 0.125. The number of amides is 1. The molecule has 4 nitrogen and oxygen atoms in total. The van der Waals surface area contributed by atoms with Crippen LogP contribution in [0.2, 0.25) is 10.0 Å². The third-order valence-corrected chi connectivity index (χ3v) is 4.85. The second-order valence-electron chi connectivity index (χ2n) is 4.83. The van der Waals surface area contributed by atoms with Crippen molar-refractivity contribution in [3.05, 3.63) is 63.6 Å². The van der Waals surface area contributed by atoms with Crippen LogP contribution in [0, 0.1) is 0 Å². The van der Waals surface area contributed by atoms with Gasteiger partial charge in [0, 0.05) is 18.3 Å². The average Bonchev–Trinajstić information content (AvgIpc) is 3.20. The lowest BCUT2D eigenvalue weighted by Crippen LogP contribution is -2.27. The molecule has 0 spiro atoms. The van der Waals surface area contributed by atoms with Gasteiger partial charge in [0.25, 0.3) is 5.91 Å². The Balaban J connectivity index is 1.55. The first kappa shape index (κ1) is 16.1. The number of hydrogen-bond donors (Lipinski definition) is 1. The molecule has 3 aromatic rings. The molecule has 0 aliphatic rings. The van der Waals surface area contributed by atoms with Gasteiger partial charge in [-0.2, -0.15) is 5.10 Å². The van der Waals surface area contributed by atoms with Gasteiger partial charge in [0.2, 0.25) is 0 Å². The highest BCUT2D eigenvalue weighted by atomic mass is 35.5. The largest absolute Gasteiger partial charge is 0.350 e. The van der Waals surface area contributed by atoms with Crippen molar-refractivity contribution in [2.24, 2.45) is 0 Å². The molecule has 0 fully saturated rings. The monoisotopic (exact) mass is 365 g/mol. The Morgan fingerprint density at radius 2 is 2.09 bits per heavy atom. The smallest absolute Gasteiger partial charge is 0.251 e. The van der Waals surface area contributed by atoms with E-state index in [1.54, 1.807) is 29.5 Å². The zero-order valence-electron chi connectivity index (χ0n) is 12.0. The van der Waals surface area contributed by atoms with Crippen LogP contribution in [0.15, 0.2) is 48.0 Å². The lowest BCUT2D eigenvalue weighted by Gasteiger charge is -2.06. The lowest BCUT2D eigenvalue weighted by atomic mass is 10.2. The summed E-state index contributed by atoms with van der Waals surface area (Å²) in [5, 5.41) is 10.1. The molecule has 1 amide bonds. The van der Waals surface area contributed by atoms with Crippen molar-refractivity contribution in [3.8, 4) is 10.6 Å². The summed E-state index contributed by atoms with van der Waals surface area (Å²) in [6.07, 6.45) is 1.90. The molecule has 0 atom stereocenters. The number of halogens is 2. The maximum absolute atomic E-state index is 12.0. The highest BCUT2D eigenvalue weighted by Crippen LogP contribution is 2.23. The van der Waals surface area contributed by atoms with Crippen LogP contribution in [0.1, 0.15) is 10.4 Å². The molecule has 2 aromatic heterocycles. The Labute approximate surface area is 147 Å². The third-order valence-electron chi connectivity index (χ3n) is 3.22. The molecule has 118 valence electrons. The van der Waals surface area contributed by atoms with Crippen LogP contribution in [0.5, 0.6) is 0 Å². The first-order valence-corrected chi connectivity index (χ1v) is 8.57. The van der Waals surface area contributed by atoms with Crippen molar-refractivity contribution < 1.29 is 4.79 Å². The molecule has 0 radical (unpaired) electrons. The van der Waals surface area contributed by atoms with Crippen molar-refractivity contribution in [1.29, 1.82) is 0 Å². The number of benzene rings is 1. The van der Waals surface area contributed by atoms with Gasteiger partial charge in [0.1, 0.15) is 5.69 Å². The lowest BCUT2D eigenvalue weighted by molar-refractivity contribution is 0.0952. The van der Waals surface area contributed by atoms with Crippen molar-refractivity contribution in [1.82, 2.24) is 15.1 Å². The maximum Gasteiger partial charge on any atom is 0.251 e. The van der Waals surface area contributed by atoms with Crippen molar-refractivity contribution >= 4 is 40.4 Å². The summed E-state index contributed by atoms with van der Waals surface area (Å²) in [7, 11) is 0. The molecule has 3 rings (SSSR count). The summed E-state index contributed by atoms with van der Waals surface area (Å²) in [6, 6.07) is 10.8. The minimum absolute atomic E-state index is 0.186. The summed E-state index contributed by atoms with van der Waals surface area (Å²) in [6.45, 7) is 1.07. The van der Waals surface area contributed by atoms with Crippen molar-refractivity contribution in [3.63, 3.8) is 0 Å². The van der Waals surface area contributed by atoms with Crippen LogP contribution in [-0.4, -0.2) is 22.2 Å². The van der Waals surface area contributed by atoms with Gasteiger partial charge in [-0.15, -0.1) is 11.3 Å². The van der Waals surface area contributed by atoms with Gasteiger partial charge in [0.05, 0.1) is 21.5 Å². The first-order valence-electron chi connectivity index (χ1n) is 6.94. The van der Waals surface area contributed by atoms with Crippen LogP contribution < -0.4 is 5.32 Å². The topological polar surface area (TPSA) is 46.9 Å². The van der Waals surface area contributed by atoms with Gasteiger partial charge in [-0.25, -0.2) is 0 Å². The second-order valence-corrected chi connectivity index (χ2v) is 6.59. The van der Waals surface area contributed by atoms with Crippen LogP contribution in [0.4, 0.5) is 0 Å². The summed E-state index contributed by atoms with van der Waals surface area (Å²) >= 11 is 13.4. The predicted molar refractivity (Wildman–Crippen MR) is 94.3 cm³/mol. The van der Waals surface area contributed by atoms with Gasteiger partial charge < -0.3 is 5.32 Å². The number of carbonyl (C=O) groups excluding carboxylic acids is 1. The number of carbonyl (C=O) groups is 1. The molecule has 0 bridgehead atoms. The molecule has 2 heterocycles. The van der Waals surface area contributed by atoms with Gasteiger partial charge in [-0.05, 0) is 35.7 Å². The molecule has 1 N–H and O–H groups in total. The van der Waals surface area contributed by atoms with E-state index in [2.05, 4.69) is 10.4 Å². The highest BCUT2D eigenvalue weighted by molar-refractivity contribution is 7.13. The molecule has 0 unspecified atom stereocenters. The summed E-state index contributed by atoms with van der Waals surface area (Å²) in [5.41, 5.74) is 1.43. The van der Waals surface area contributed by atoms with Gasteiger partial charge >= 0.3 is 0 Å². The van der Waals surface area contributed by atoms with Crippen LogP contribution in [0.3, 0.4) is 0 Å². The van der Waals surface area contributed by atoms with E-state index in [0.29, 0.717) is 28.7 Å². The Bertz CT molecular complexity index is 815. The summed E-state index contributed by atoms with van der Waals surface area (Å²) < 4.78 is 1.81. The van der Waals surface area contributed by atoms with E-state index in [9.17, 15) is 4.79 Å². The molecule has 0 saturated carbocycles. The average molecular weight is 366 g/mol. The molecule has 1 aromatic carbocycles. The number of aromatic nitrogens is 2. The minimum Gasteiger partial charge on any atom is -0.350 e.